The molecule has 3 heteroatoms. The van der Waals surface area contributed by atoms with Crippen molar-refractivity contribution in [2.75, 3.05) is 0 Å². The van der Waals surface area contributed by atoms with E-state index in [9.17, 15) is 0 Å². The Bertz CT molecular complexity index is 353. The summed E-state index contributed by atoms with van der Waals surface area (Å²) >= 11 is 0. The summed E-state index contributed by atoms with van der Waals surface area (Å²) in [7, 11) is 5.64. The molecule has 0 saturated heterocycles. The first-order valence-corrected chi connectivity index (χ1v) is 3.06. The standard InChI is InChI=1S/C7H5BN2/c8-6-2-1-5-10-7(6)3-4-9-10/h1-5H. The van der Waals surface area contributed by atoms with Crippen LogP contribution in [0, 0.1) is 0 Å². The first-order chi connectivity index (χ1) is 4.88. The molecule has 2 radical (unpaired) electrons. The molecule has 2 nitrogen and oxygen atoms in total. The first-order valence-electron chi connectivity index (χ1n) is 3.06. The molecule has 0 aliphatic rings. The summed E-state index contributed by atoms with van der Waals surface area (Å²) in [6, 6.07) is 5.61. The Labute approximate surface area is 59.9 Å². The molecular formula is C7H5BN2. The summed E-state index contributed by atoms with van der Waals surface area (Å²) in [5.74, 6) is 0. The van der Waals surface area contributed by atoms with Crippen LogP contribution in [0.1, 0.15) is 0 Å². The summed E-state index contributed by atoms with van der Waals surface area (Å²) in [4.78, 5) is 0. The molecule has 0 saturated carbocycles. The molecule has 0 aliphatic heterocycles. The Morgan fingerprint density at radius 2 is 2.30 bits per heavy atom. The molecule has 2 heterocycles. The van der Waals surface area contributed by atoms with Crippen LogP contribution in [-0.4, -0.2) is 17.5 Å². The quantitative estimate of drug-likeness (QED) is 0.461. The van der Waals surface area contributed by atoms with E-state index < -0.39 is 0 Å². The highest BCUT2D eigenvalue weighted by Gasteiger charge is 1.92. The maximum atomic E-state index is 5.64. The van der Waals surface area contributed by atoms with E-state index in [-0.39, 0.29) is 0 Å². The molecule has 0 N–H and O–H groups in total. The normalized spacial score (nSPS) is 10.4. The van der Waals surface area contributed by atoms with Gasteiger partial charge in [0.15, 0.2) is 0 Å². The van der Waals surface area contributed by atoms with Crippen molar-refractivity contribution >= 4 is 18.8 Å². The lowest BCUT2D eigenvalue weighted by Gasteiger charge is -1.94. The van der Waals surface area contributed by atoms with Gasteiger partial charge < -0.3 is 0 Å². The van der Waals surface area contributed by atoms with Crippen molar-refractivity contribution < 1.29 is 0 Å². The molecule has 0 spiro atoms. The van der Waals surface area contributed by atoms with Gasteiger partial charge in [0.05, 0.1) is 5.52 Å². The van der Waals surface area contributed by atoms with E-state index in [1.54, 1.807) is 10.7 Å². The maximum absolute atomic E-state index is 5.64. The van der Waals surface area contributed by atoms with Gasteiger partial charge in [-0.2, -0.15) is 5.10 Å². The minimum absolute atomic E-state index is 0.764. The second-order valence-electron chi connectivity index (χ2n) is 2.12. The SMILES string of the molecule is [B]c1cccn2nccc12. The number of hydrogen-bond acceptors (Lipinski definition) is 1. The minimum atomic E-state index is 0.764. The van der Waals surface area contributed by atoms with Gasteiger partial charge in [-0.1, -0.05) is 11.5 Å². The van der Waals surface area contributed by atoms with E-state index in [0.717, 1.165) is 11.0 Å². The van der Waals surface area contributed by atoms with E-state index in [2.05, 4.69) is 5.10 Å². The molecule has 2 rings (SSSR count). The Balaban J connectivity index is 2.95. The summed E-state index contributed by atoms with van der Waals surface area (Å²) < 4.78 is 1.75. The third-order valence-electron chi connectivity index (χ3n) is 1.47. The topological polar surface area (TPSA) is 17.3 Å². The number of hydrogen-bond donors (Lipinski definition) is 0. The predicted molar refractivity (Wildman–Crippen MR) is 40.6 cm³/mol. The average Bonchev–Trinajstić information content (AvgIpc) is 2.36. The third kappa shape index (κ3) is 0.636. The molecule has 0 aliphatic carbocycles. The van der Waals surface area contributed by atoms with E-state index >= 15 is 0 Å². The summed E-state index contributed by atoms with van der Waals surface area (Å²) in [5, 5.41) is 4.02. The Hall–Kier alpha value is -1.25. The fourth-order valence-electron chi connectivity index (χ4n) is 0.975. The largest absolute Gasteiger partial charge is 0.242 e. The fourth-order valence-corrected chi connectivity index (χ4v) is 0.975. The van der Waals surface area contributed by atoms with E-state index in [4.69, 9.17) is 7.85 Å². The zero-order chi connectivity index (χ0) is 6.97. The lowest BCUT2D eigenvalue weighted by atomic mass is 9.96. The minimum Gasteiger partial charge on any atom is -0.242 e. The smallest absolute Gasteiger partial charge is 0.116 e. The van der Waals surface area contributed by atoms with Crippen molar-refractivity contribution in [3.05, 3.63) is 30.6 Å². The molecule has 0 bridgehead atoms. The van der Waals surface area contributed by atoms with Gasteiger partial charge in [-0.15, -0.1) is 0 Å². The first kappa shape index (κ1) is 5.53. The van der Waals surface area contributed by atoms with Crippen LogP contribution in [0.15, 0.2) is 30.6 Å². The summed E-state index contributed by atoms with van der Waals surface area (Å²) in [6.07, 6.45) is 3.59. The van der Waals surface area contributed by atoms with Crippen LogP contribution in [0.4, 0.5) is 0 Å². The average molecular weight is 128 g/mol. The Kier molecular flexibility index (Phi) is 1.03. The number of pyridine rings is 1. The molecular weight excluding hydrogens is 123 g/mol. The molecule has 0 unspecified atom stereocenters. The second-order valence-corrected chi connectivity index (χ2v) is 2.12. The number of nitrogens with zero attached hydrogens (tertiary/aromatic N) is 2. The van der Waals surface area contributed by atoms with Gasteiger partial charge >= 0.3 is 0 Å². The summed E-state index contributed by atoms with van der Waals surface area (Å²) in [6.45, 7) is 0. The van der Waals surface area contributed by atoms with Gasteiger partial charge in [0, 0.05) is 12.4 Å². The van der Waals surface area contributed by atoms with Crippen LogP contribution in [0.5, 0.6) is 0 Å². The van der Waals surface area contributed by atoms with Crippen LogP contribution in [0.2, 0.25) is 0 Å². The highest BCUT2D eigenvalue weighted by Crippen LogP contribution is 1.95. The van der Waals surface area contributed by atoms with Gasteiger partial charge in [-0.25, -0.2) is 4.52 Å². The van der Waals surface area contributed by atoms with Gasteiger partial charge in [0.1, 0.15) is 7.85 Å². The van der Waals surface area contributed by atoms with Crippen molar-refractivity contribution in [2.24, 2.45) is 0 Å². The predicted octanol–water partition coefficient (Wildman–Crippen LogP) is 0.128. The molecule has 0 aromatic carbocycles. The van der Waals surface area contributed by atoms with Crippen LogP contribution in [-0.2, 0) is 0 Å². The number of rotatable bonds is 0. The van der Waals surface area contributed by atoms with Gasteiger partial charge in [-0.3, -0.25) is 0 Å². The van der Waals surface area contributed by atoms with Crippen LogP contribution >= 0.6 is 0 Å². The van der Waals surface area contributed by atoms with E-state index in [1.165, 1.54) is 0 Å². The molecule has 2 aromatic rings. The van der Waals surface area contributed by atoms with Gasteiger partial charge in [0.25, 0.3) is 0 Å². The van der Waals surface area contributed by atoms with Gasteiger partial charge in [0.2, 0.25) is 0 Å². The van der Waals surface area contributed by atoms with Crippen LogP contribution in [0.25, 0.3) is 5.52 Å². The maximum Gasteiger partial charge on any atom is 0.116 e. The monoisotopic (exact) mass is 128 g/mol. The van der Waals surface area contributed by atoms with Crippen molar-refractivity contribution in [3.63, 3.8) is 0 Å². The van der Waals surface area contributed by atoms with Crippen LogP contribution < -0.4 is 5.46 Å². The van der Waals surface area contributed by atoms with Crippen molar-refractivity contribution in [1.29, 1.82) is 0 Å². The summed E-state index contributed by atoms with van der Waals surface area (Å²) in [5.41, 5.74) is 1.72. The molecule has 46 valence electrons. The number of fused-ring (bicyclic) bond motifs is 1. The molecule has 0 amide bonds. The van der Waals surface area contributed by atoms with Crippen LogP contribution in [0.3, 0.4) is 0 Å². The Morgan fingerprint density at radius 1 is 1.40 bits per heavy atom. The van der Waals surface area contributed by atoms with E-state index in [1.807, 2.05) is 24.4 Å². The second kappa shape index (κ2) is 1.87. The van der Waals surface area contributed by atoms with E-state index in [0.29, 0.717) is 0 Å². The molecule has 2 aromatic heterocycles. The van der Waals surface area contributed by atoms with Crippen molar-refractivity contribution in [2.45, 2.75) is 0 Å². The Morgan fingerprint density at radius 3 is 3.10 bits per heavy atom. The van der Waals surface area contributed by atoms with Crippen molar-refractivity contribution in [1.82, 2.24) is 9.61 Å². The fraction of sp³-hybridized carbons (Fsp3) is 0. The molecule has 0 fully saturated rings. The van der Waals surface area contributed by atoms with Crippen molar-refractivity contribution in [3.8, 4) is 0 Å². The third-order valence-corrected chi connectivity index (χ3v) is 1.47. The molecule has 10 heavy (non-hydrogen) atoms. The van der Waals surface area contributed by atoms with Gasteiger partial charge in [-0.05, 0) is 12.1 Å². The lowest BCUT2D eigenvalue weighted by molar-refractivity contribution is 0.964. The zero-order valence-electron chi connectivity index (χ0n) is 5.36. The zero-order valence-corrected chi connectivity index (χ0v) is 5.36. The highest BCUT2D eigenvalue weighted by molar-refractivity contribution is 6.36. The highest BCUT2D eigenvalue weighted by atomic mass is 15.2. The molecule has 0 atom stereocenters. The number of aromatic nitrogens is 2. The lowest BCUT2D eigenvalue weighted by Crippen LogP contribution is -2.05.